The molecule has 1 aromatic heterocycles. The van der Waals surface area contributed by atoms with Gasteiger partial charge in [0.05, 0.1) is 7.11 Å². The Labute approximate surface area is 148 Å². The van der Waals surface area contributed by atoms with Gasteiger partial charge in [-0.05, 0) is 36.6 Å². The van der Waals surface area contributed by atoms with Crippen LogP contribution in [0, 0.1) is 6.92 Å². The van der Waals surface area contributed by atoms with Crippen molar-refractivity contribution in [3.63, 3.8) is 0 Å². The number of pyridine rings is 1. The highest BCUT2D eigenvalue weighted by Crippen LogP contribution is 2.19. The molecular formula is C18H23ClN4O. The Balaban J connectivity index is 1.83. The van der Waals surface area contributed by atoms with Crippen LogP contribution >= 0.6 is 11.6 Å². The lowest BCUT2D eigenvalue weighted by atomic mass is 10.1. The van der Waals surface area contributed by atoms with Gasteiger partial charge in [-0.1, -0.05) is 35.4 Å². The summed E-state index contributed by atoms with van der Waals surface area (Å²) in [5.74, 6) is 1.66. The average Bonchev–Trinajstić information content (AvgIpc) is 2.59. The van der Waals surface area contributed by atoms with Crippen LogP contribution in [0.2, 0.25) is 5.15 Å². The van der Waals surface area contributed by atoms with E-state index in [4.69, 9.17) is 16.3 Å². The van der Waals surface area contributed by atoms with Gasteiger partial charge in [-0.25, -0.2) is 4.98 Å². The van der Waals surface area contributed by atoms with Crippen molar-refractivity contribution in [2.45, 2.75) is 19.9 Å². The number of aryl methyl sites for hydroxylation is 1. The minimum atomic E-state index is 0.494. The molecule has 0 spiro atoms. The van der Waals surface area contributed by atoms with Crippen LogP contribution < -0.4 is 15.4 Å². The molecular weight excluding hydrogens is 324 g/mol. The van der Waals surface area contributed by atoms with Crippen molar-refractivity contribution >= 4 is 17.6 Å². The van der Waals surface area contributed by atoms with E-state index in [0.29, 0.717) is 11.7 Å². The number of nitrogens with one attached hydrogen (secondary N) is 2. The van der Waals surface area contributed by atoms with Gasteiger partial charge in [0.25, 0.3) is 0 Å². The van der Waals surface area contributed by atoms with E-state index < -0.39 is 0 Å². The van der Waals surface area contributed by atoms with Gasteiger partial charge in [0.1, 0.15) is 10.9 Å². The SMILES string of the molecule is CN=C(NCCc1cc(C)ccc1OC)NCc1ccc(Cl)nc1. The molecule has 2 aromatic rings. The van der Waals surface area contributed by atoms with Crippen LogP contribution in [0.1, 0.15) is 16.7 Å². The van der Waals surface area contributed by atoms with Crippen LogP contribution in [-0.2, 0) is 13.0 Å². The molecule has 1 aromatic carbocycles. The van der Waals surface area contributed by atoms with E-state index in [1.54, 1.807) is 26.4 Å². The summed E-state index contributed by atoms with van der Waals surface area (Å²) in [7, 11) is 3.45. The van der Waals surface area contributed by atoms with E-state index in [1.165, 1.54) is 11.1 Å². The van der Waals surface area contributed by atoms with Gasteiger partial charge in [-0.2, -0.15) is 0 Å². The monoisotopic (exact) mass is 346 g/mol. The Morgan fingerprint density at radius 1 is 1.25 bits per heavy atom. The number of aliphatic imine (C=N–C) groups is 1. The second-order valence-electron chi connectivity index (χ2n) is 5.41. The third-order valence-corrected chi connectivity index (χ3v) is 3.82. The highest BCUT2D eigenvalue weighted by molar-refractivity contribution is 6.29. The highest BCUT2D eigenvalue weighted by Gasteiger charge is 2.04. The topological polar surface area (TPSA) is 58.5 Å². The second kappa shape index (κ2) is 9.13. The molecule has 0 atom stereocenters. The molecule has 0 saturated carbocycles. The number of aromatic nitrogens is 1. The second-order valence-corrected chi connectivity index (χ2v) is 5.79. The van der Waals surface area contributed by atoms with Crippen molar-refractivity contribution < 1.29 is 4.74 Å². The Morgan fingerprint density at radius 2 is 2.08 bits per heavy atom. The third kappa shape index (κ3) is 5.42. The van der Waals surface area contributed by atoms with Crippen LogP contribution in [0.25, 0.3) is 0 Å². The van der Waals surface area contributed by atoms with Gasteiger partial charge in [0.2, 0.25) is 0 Å². The molecule has 0 amide bonds. The van der Waals surface area contributed by atoms with Crippen molar-refractivity contribution in [1.29, 1.82) is 0 Å². The number of guanidine groups is 1. The number of nitrogens with zero attached hydrogens (tertiary/aromatic N) is 2. The minimum absolute atomic E-state index is 0.494. The Bertz CT molecular complexity index is 686. The maximum Gasteiger partial charge on any atom is 0.191 e. The number of methoxy groups -OCH3 is 1. The molecule has 128 valence electrons. The number of halogens is 1. The molecule has 0 aliphatic rings. The smallest absolute Gasteiger partial charge is 0.191 e. The third-order valence-electron chi connectivity index (χ3n) is 3.59. The first kappa shape index (κ1) is 18.1. The van der Waals surface area contributed by atoms with Gasteiger partial charge in [-0.3, -0.25) is 4.99 Å². The van der Waals surface area contributed by atoms with Crippen LogP contribution in [0.4, 0.5) is 0 Å². The van der Waals surface area contributed by atoms with E-state index in [0.717, 1.165) is 30.2 Å². The van der Waals surface area contributed by atoms with E-state index in [1.807, 2.05) is 12.1 Å². The fraction of sp³-hybridized carbons (Fsp3) is 0.333. The van der Waals surface area contributed by atoms with Crippen molar-refractivity contribution in [1.82, 2.24) is 15.6 Å². The molecule has 0 bridgehead atoms. The predicted octanol–water partition coefficient (Wildman–Crippen LogP) is 2.96. The van der Waals surface area contributed by atoms with E-state index in [9.17, 15) is 0 Å². The number of rotatable bonds is 6. The summed E-state index contributed by atoms with van der Waals surface area (Å²) in [6.45, 7) is 3.48. The van der Waals surface area contributed by atoms with Crippen molar-refractivity contribution in [2.75, 3.05) is 20.7 Å². The van der Waals surface area contributed by atoms with Gasteiger partial charge < -0.3 is 15.4 Å². The van der Waals surface area contributed by atoms with E-state index >= 15 is 0 Å². The van der Waals surface area contributed by atoms with Crippen LogP contribution in [0.5, 0.6) is 5.75 Å². The summed E-state index contributed by atoms with van der Waals surface area (Å²) in [5.41, 5.74) is 3.45. The molecule has 0 saturated heterocycles. The van der Waals surface area contributed by atoms with Crippen molar-refractivity contribution in [3.05, 3.63) is 58.4 Å². The van der Waals surface area contributed by atoms with Crippen molar-refractivity contribution in [2.24, 2.45) is 4.99 Å². The molecule has 2 rings (SSSR count). The summed E-state index contributed by atoms with van der Waals surface area (Å²) in [6, 6.07) is 9.92. The Morgan fingerprint density at radius 3 is 2.75 bits per heavy atom. The van der Waals surface area contributed by atoms with Crippen LogP contribution in [0.3, 0.4) is 0 Å². The van der Waals surface area contributed by atoms with Gasteiger partial charge in [0, 0.05) is 26.3 Å². The quantitative estimate of drug-likeness (QED) is 0.479. The Hall–Kier alpha value is -2.27. The van der Waals surface area contributed by atoms with Gasteiger partial charge in [0.15, 0.2) is 5.96 Å². The lowest BCUT2D eigenvalue weighted by Gasteiger charge is -2.13. The van der Waals surface area contributed by atoms with Crippen molar-refractivity contribution in [3.8, 4) is 5.75 Å². The van der Waals surface area contributed by atoms with E-state index in [2.05, 4.69) is 39.7 Å². The zero-order valence-electron chi connectivity index (χ0n) is 14.3. The maximum atomic E-state index is 5.79. The highest BCUT2D eigenvalue weighted by atomic mass is 35.5. The zero-order chi connectivity index (χ0) is 17.4. The molecule has 0 unspecified atom stereocenters. The summed E-state index contributed by atoms with van der Waals surface area (Å²) in [4.78, 5) is 8.29. The predicted molar refractivity (Wildman–Crippen MR) is 98.9 cm³/mol. The number of hydrogen-bond donors (Lipinski definition) is 2. The first-order chi connectivity index (χ1) is 11.6. The normalized spacial score (nSPS) is 11.2. The lowest BCUT2D eigenvalue weighted by molar-refractivity contribution is 0.409. The number of benzene rings is 1. The zero-order valence-corrected chi connectivity index (χ0v) is 15.0. The molecule has 6 heteroatoms. The number of ether oxygens (including phenoxy) is 1. The minimum Gasteiger partial charge on any atom is -0.496 e. The van der Waals surface area contributed by atoms with Gasteiger partial charge >= 0.3 is 0 Å². The first-order valence-corrected chi connectivity index (χ1v) is 8.18. The summed E-state index contributed by atoms with van der Waals surface area (Å²) >= 11 is 5.79. The number of hydrogen-bond acceptors (Lipinski definition) is 3. The fourth-order valence-corrected chi connectivity index (χ4v) is 2.45. The molecule has 1 heterocycles. The molecule has 5 nitrogen and oxygen atoms in total. The van der Waals surface area contributed by atoms with Gasteiger partial charge in [-0.15, -0.1) is 0 Å². The standard InChI is InChI=1S/C18H23ClN4O/c1-13-4-6-16(24-3)15(10-13)8-9-21-18(20-2)23-12-14-5-7-17(19)22-11-14/h4-7,10-11H,8-9,12H2,1-3H3,(H2,20,21,23). The Kier molecular flexibility index (Phi) is 6.88. The fourth-order valence-electron chi connectivity index (χ4n) is 2.34. The summed E-state index contributed by atoms with van der Waals surface area (Å²) in [5, 5.41) is 7.06. The first-order valence-electron chi connectivity index (χ1n) is 7.81. The molecule has 0 aliphatic carbocycles. The van der Waals surface area contributed by atoms with Crippen LogP contribution in [0.15, 0.2) is 41.5 Å². The molecule has 0 fully saturated rings. The summed E-state index contributed by atoms with van der Waals surface area (Å²) < 4.78 is 5.41. The van der Waals surface area contributed by atoms with E-state index in [-0.39, 0.29) is 0 Å². The lowest BCUT2D eigenvalue weighted by Crippen LogP contribution is -2.37. The maximum absolute atomic E-state index is 5.79. The average molecular weight is 347 g/mol. The summed E-state index contributed by atoms with van der Waals surface area (Å²) in [6.07, 6.45) is 2.61. The molecule has 2 N–H and O–H groups in total. The largest absolute Gasteiger partial charge is 0.496 e. The molecule has 0 aliphatic heterocycles. The molecule has 0 radical (unpaired) electrons. The molecule has 24 heavy (non-hydrogen) atoms. The van der Waals surface area contributed by atoms with Crippen LogP contribution in [-0.4, -0.2) is 31.6 Å².